The number of nitrogens with two attached hydrogens (primary N) is 1. The number of hydrogen-bond acceptors (Lipinski definition) is 5. The SMILES string of the molecule is COCCC(CO)NC(=O)c1ccnc(CN)c1. The molecule has 0 aliphatic carbocycles. The lowest BCUT2D eigenvalue weighted by Gasteiger charge is -2.15. The van der Waals surface area contributed by atoms with Gasteiger partial charge in [-0.1, -0.05) is 0 Å². The first kappa shape index (κ1) is 14.6. The maximum absolute atomic E-state index is 11.9. The second kappa shape index (κ2) is 7.75. The van der Waals surface area contributed by atoms with Crippen LogP contribution in [0.25, 0.3) is 0 Å². The van der Waals surface area contributed by atoms with Gasteiger partial charge >= 0.3 is 0 Å². The highest BCUT2D eigenvalue weighted by atomic mass is 16.5. The average molecular weight is 253 g/mol. The smallest absolute Gasteiger partial charge is 0.251 e. The van der Waals surface area contributed by atoms with E-state index in [9.17, 15) is 4.79 Å². The number of nitrogens with zero attached hydrogens (tertiary/aromatic N) is 1. The summed E-state index contributed by atoms with van der Waals surface area (Å²) in [4.78, 5) is 15.9. The first-order valence-corrected chi connectivity index (χ1v) is 5.77. The average Bonchev–Trinajstić information content (AvgIpc) is 2.43. The lowest BCUT2D eigenvalue weighted by atomic mass is 10.1. The number of methoxy groups -OCH3 is 1. The van der Waals surface area contributed by atoms with E-state index in [1.807, 2.05) is 0 Å². The van der Waals surface area contributed by atoms with Crippen LogP contribution >= 0.6 is 0 Å². The van der Waals surface area contributed by atoms with Crippen molar-refractivity contribution in [2.45, 2.75) is 19.0 Å². The molecule has 6 heteroatoms. The Balaban J connectivity index is 2.62. The molecule has 100 valence electrons. The molecule has 1 atom stereocenters. The number of rotatable bonds is 7. The fraction of sp³-hybridized carbons (Fsp3) is 0.500. The highest BCUT2D eigenvalue weighted by molar-refractivity contribution is 5.94. The van der Waals surface area contributed by atoms with Gasteiger partial charge in [-0.15, -0.1) is 0 Å². The summed E-state index contributed by atoms with van der Waals surface area (Å²) in [5.41, 5.74) is 6.60. The van der Waals surface area contributed by atoms with Crippen molar-refractivity contribution in [1.82, 2.24) is 10.3 Å². The van der Waals surface area contributed by atoms with Gasteiger partial charge in [0.05, 0.1) is 18.3 Å². The molecule has 0 saturated carbocycles. The molecule has 4 N–H and O–H groups in total. The zero-order valence-corrected chi connectivity index (χ0v) is 10.4. The van der Waals surface area contributed by atoms with Crippen molar-refractivity contribution in [2.24, 2.45) is 5.73 Å². The summed E-state index contributed by atoms with van der Waals surface area (Å²) in [6.45, 7) is 0.647. The van der Waals surface area contributed by atoms with E-state index >= 15 is 0 Å². The molecule has 0 radical (unpaired) electrons. The van der Waals surface area contributed by atoms with Crippen LogP contribution < -0.4 is 11.1 Å². The van der Waals surface area contributed by atoms with E-state index in [2.05, 4.69) is 10.3 Å². The molecule has 1 amide bonds. The Labute approximate surface area is 106 Å². The van der Waals surface area contributed by atoms with E-state index in [4.69, 9.17) is 15.6 Å². The molecular weight excluding hydrogens is 234 g/mol. The third kappa shape index (κ3) is 4.40. The lowest BCUT2D eigenvalue weighted by molar-refractivity contribution is 0.0894. The van der Waals surface area contributed by atoms with Gasteiger partial charge in [-0.2, -0.15) is 0 Å². The van der Waals surface area contributed by atoms with Gasteiger partial charge < -0.3 is 20.9 Å². The minimum atomic E-state index is -0.313. The number of carbonyl (C=O) groups is 1. The van der Waals surface area contributed by atoms with Gasteiger partial charge in [-0.3, -0.25) is 9.78 Å². The van der Waals surface area contributed by atoms with E-state index in [0.717, 1.165) is 0 Å². The summed E-state index contributed by atoms with van der Waals surface area (Å²) in [5, 5.41) is 11.9. The number of ether oxygens (including phenoxy) is 1. The largest absolute Gasteiger partial charge is 0.394 e. The van der Waals surface area contributed by atoms with Gasteiger partial charge in [0.25, 0.3) is 5.91 Å². The molecule has 1 aromatic heterocycles. The zero-order valence-electron chi connectivity index (χ0n) is 10.4. The van der Waals surface area contributed by atoms with Gasteiger partial charge in [-0.05, 0) is 18.6 Å². The van der Waals surface area contributed by atoms with Crippen LogP contribution in [-0.2, 0) is 11.3 Å². The molecule has 1 aromatic rings. The van der Waals surface area contributed by atoms with E-state index in [1.165, 1.54) is 0 Å². The zero-order chi connectivity index (χ0) is 13.4. The van der Waals surface area contributed by atoms with Crippen molar-refractivity contribution in [2.75, 3.05) is 20.3 Å². The Bertz CT molecular complexity index is 385. The molecule has 6 nitrogen and oxygen atoms in total. The quantitative estimate of drug-likeness (QED) is 0.618. The number of aliphatic hydroxyl groups is 1. The van der Waals surface area contributed by atoms with E-state index in [1.54, 1.807) is 25.4 Å². The fourth-order valence-electron chi connectivity index (χ4n) is 1.47. The Kier molecular flexibility index (Phi) is 6.27. The summed E-state index contributed by atoms with van der Waals surface area (Å²) in [6, 6.07) is 2.94. The van der Waals surface area contributed by atoms with Crippen LogP contribution in [0.1, 0.15) is 22.5 Å². The first-order valence-electron chi connectivity index (χ1n) is 5.77. The van der Waals surface area contributed by atoms with Crippen LogP contribution in [0, 0.1) is 0 Å². The van der Waals surface area contributed by atoms with Gasteiger partial charge in [0.2, 0.25) is 0 Å². The van der Waals surface area contributed by atoms with Crippen molar-refractivity contribution in [3.05, 3.63) is 29.6 Å². The summed E-state index contributed by atoms with van der Waals surface area (Å²) in [6.07, 6.45) is 2.10. The van der Waals surface area contributed by atoms with E-state index < -0.39 is 0 Å². The van der Waals surface area contributed by atoms with Gasteiger partial charge in [0.15, 0.2) is 0 Å². The summed E-state index contributed by atoms with van der Waals surface area (Å²) < 4.78 is 4.91. The number of aliphatic hydroxyl groups excluding tert-OH is 1. The fourth-order valence-corrected chi connectivity index (χ4v) is 1.47. The van der Waals surface area contributed by atoms with Crippen LogP contribution in [0.4, 0.5) is 0 Å². The number of nitrogens with one attached hydrogen (secondary N) is 1. The topological polar surface area (TPSA) is 97.5 Å². The second-order valence-corrected chi connectivity index (χ2v) is 3.87. The molecular formula is C12H19N3O3. The van der Waals surface area contributed by atoms with Crippen LogP contribution in [0.3, 0.4) is 0 Å². The minimum Gasteiger partial charge on any atom is -0.394 e. The second-order valence-electron chi connectivity index (χ2n) is 3.87. The van der Waals surface area contributed by atoms with Gasteiger partial charge in [0.1, 0.15) is 0 Å². The molecule has 0 aromatic carbocycles. The van der Waals surface area contributed by atoms with Crippen molar-refractivity contribution in [1.29, 1.82) is 0 Å². The molecule has 0 saturated heterocycles. The van der Waals surface area contributed by atoms with Crippen LogP contribution in [0.15, 0.2) is 18.3 Å². The monoisotopic (exact) mass is 253 g/mol. The third-order valence-electron chi connectivity index (χ3n) is 2.51. The van der Waals surface area contributed by atoms with Gasteiger partial charge in [0, 0.05) is 32.0 Å². The predicted octanol–water partition coefficient (Wildman–Crippen LogP) is -0.332. The summed E-state index contributed by atoms with van der Waals surface area (Å²) in [5.74, 6) is -0.248. The van der Waals surface area contributed by atoms with Gasteiger partial charge in [-0.25, -0.2) is 0 Å². The molecule has 1 unspecified atom stereocenters. The number of amides is 1. The molecule has 0 spiro atoms. The Hall–Kier alpha value is -1.50. The molecule has 18 heavy (non-hydrogen) atoms. The van der Waals surface area contributed by atoms with Crippen LogP contribution in [0.5, 0.6) is 0 Å². The number of aromatic nitrogens is 1. The summed E-state index contributed by atoms with van der Waals surface area (Å²) >= 11 is 0. The number of hydrogen-bond donors (Lipinski definition) is 3. The summed E-state index contributed by atoms with van der Waals surface area (Å²) in [7, 11) is 1.58. The highest BCUT2D eigenvalue weighted by Gasteiger charge is 2.13. The Morgan fingerprint density at radius 1 is 1.67 bits per heavy atom. The predicted molar refractivity (Wildman–Crippen MR) is 67.0 cm³/mol. The number of carbonyl (C=O) groups excluding carboxylic acids is 1. The van der Waals surface area contributed by atoms with E-state index in [-0.39, 0.29) is 25.1 Å². The maximum Gasteiger partial charge on any atom is 0.251 e. The molecule has 1 rings (SSSR count). The Morgan fingerprint density at radius 2 is 2.44 bits per heavy atom. The van der Waals surface area contributed by atoms with Crippen molar-refractivity contribution >= 4 is 5.91 Å². The third-order valence-corrected chi connectivity index (χ3v) is 2.51. The molecule has 0 fully saturated rings. The normalized spacial score (nSPS) is 12.2. The van der Waals surface area contributed by atoms with Crippen molar-refractivity contribution in [3.63, 3.8) is 0 Å². The minimum absolute atomic E-state index is 0.121. The highest BCUT2D eigenvalue weighted by Crippen LogP contribution is 2.02. The van der Waals surface area contributed by atoms with Crippen LogP contribution in [0.2, 0.25) is 0 Å². The van der Waals surface area contributed by atoms with E-state index in [0.29, 0.717) is 24.3 Å². The van der Waals surface area contributed by atoms with Crippen molar-refractivity contribution < 1.29 is 14.6 Å². The molecule has 1 heterocycles. The first-order chi connectivity index (χ1) is 8.71. The lowest BCUT2D eigenvalue weighted by Crippen LogP contribution is -2.38. The molecule has 0 aliphatic heterocycles. The Morgan fingerprint density at radius 3 is 3.06 bits per heavy atom. The van der Waals surface area contributed by atoms with Crippen LogP contribution in [-0.4, -0.2) is 42.4 Å². The number of pyridine rings is 1. The molecule has 0 bridgehead atoms. The van der Waals surface area contributed by atoms with Crippen molar-refractivity contribution in [3.8, 4) is 0 Å². The maximum atomic E-state index is 11.9. The molecule has 0 aliphatic rings. The standard InChI is InChI=1S/C12H19N3O3/c1-18-5-3-10(8-16)15-12(17)9-2-4-14-11(6-9)7-13/h2,4,6,10,16H,3,5,7-8,13H2,1H3,(H,15,17).